The molecule has 35 heavy (non-hydrogen) atoms. The number of hydrogen-bond donors (Lipinski definition) is 3. The molecule has 0 aliphatic carbocycles. The van der Waals surface area contributed by atoms with Gasteiger partial charge in [-0.3, -0.25) is 14.6 Å². The van der Waals surface area contributed by atoms with Gasteiger partial charge in [0.2, 0.25) is 11.8 Å². The van der Waals surface area contributed by atoms with Crippen LogP contribution in [0.2, 0.25) is 0 Å². The van der Waals surface area contributed by atoms with Crippen molar-refractivity contribution in [3.05, 3.63) is 59.2 Å². The quantitative estimate of drug-likeness (QED) is 0.577. The van der Waals surface area contributed by atoms with Gasteiger partial charge in [0.1, 0.15) is 11.6 Å². The maximum absolute atomic E-state index is 14.2. The predicted molar refractivity (Wildman–Crippen MR) is 130 cm³/mol. The first-order chi connectivity index (χ1) is 16.8. The summed E-state index contributed by atoms with van der Waals surface area (Å²) in [7, 11) is 1.58. The average Bonchev–Trinajstić information content (AvgIpc) is 2.82. The molecule has 1 aromatic carbocycles. The number of likely N-dealkylation sites (N-methyl/N-ethyl adjacent to an activating group) is 1. The number of carbonyl (C=O) groups is 2. The first kappa shape index (κ1) is 26.6. The summed E-state index contributed by atoms with van der Waals surface area (Å²) >= 11 is 0. The zero-order chi connectivity index (χ0) is 25.2. The summed E-state index contributed by atoms with van der Waals surface area (Å²) in [5, 5.41) is 17.0. The smallest absolute Gasteiger partial charge is 0.239 e. The highest BCUT2D eigenvalue weighted by Crippen LogP contribution is 2.19. The largest absolute Gasteiger partial charge is 0.493 e. The summed E-state index contributed by atoms with van der Waals surface area (Å²) in [6, 6.07) is 5.77. The fraction of sp³-hybridized carbons (Fsp3) is 0.500. The summed E-state index contributed by atoms with van der Waals surface area (Å²) < 4.78 is 19.9. The number of amides is 2. The molecule has 2 aromatic rings. The van der Waals surface area contributed by atoms with Crippen molar-refractivity contribution in [2.45, 2.75) is 57.7 Å². The second kappa shape index (κ2) is 13.2. The zero-order valence-corrected chi connectivity index (χ0v) is 20.4. The van der Waals surface area contributed by atoms with E-state index in [2.05, 4.69) is 28.6 Å². The molecule has 0 saturated heterocycles. The Hall–Kier alpha value is -3.04. The number of fused-ring (bicyclic) bond motifs is 2. The van der Waals surface area contributed by atoms with Crippen molar-refractivity contribution in [2.75, 3.05) is 26.7 Å². The minimum absolute atomic E-state index is 0.115. The van der Waals surface area contributed by atoms with Crippen LogP contribution in [0.25, 0.3) is 0 Å². The number of ether oxygens (including phenoxy) is 1. The summed E-state index contributed by atoms with van der Waals surface area (Å²) in [5.41, 5.74) is 2.72. The molecule has 0 radical (unpaired) electrons. The number of hydrogen-bond acceptors (Lipinski definition) is 6. The van der Waals surface area contributed by atoms with E-state index in [1.165, 1.54) is 17.0 Å². The molecule has 0 saturated carbocycles. The van der Waals surface area contributed by atoms with Crippen LogP contribution in [-0.2, 0) is 29.0 Å². The molecule has 3 N–H and O–H groups in total. The van der Waals surface area contributed by atoms with E-state index in [4.69, 9.17) is 4.74 Å². The lowest BCUT2D eigenvalue weighted by Crippen LogP contribution is -2.51. The standard InChI is InChI=1S/C26H35FN4O4/c1-3-18-8-20(14-28-13-18)15-29-16-24(32)23-11-19-9-21(27)12-22(10-19)35-7-5-4-6-26(34)31(2)17-25(33)30-23/h8-10,12-14,23-24,29,32H,3-7,11,15-17H2,1-2H3,(H,30,33). The highest BCUT2D eigenvalue weighted by Gasteiger charge is 2.24. The Balaban J connectivity index is 1.72. The zero-order valence-electron chi connectivity index (χ0n) is 20.4. The third kappa shape index (κ3) is 8.60. The summed E-state index contributed by atoms with van der Waals surface area (Å²) in [6.45, 7) is 3.02. The molecule has 190 valence electrons. The van der Waals surface area contributed by atoms with Gasteiger partial charge in [-0.05, 0) is 54.5 Å². The molecular formula is C26H35FN4O4. The highest BCUT2D eigenvalue weighted by molar-refractivity contribution is 5.84. The first-order valence-corrected chi connectivity index (χ1v) is 12.1. The number of aryl methyl sites for hydroxylation is 1. The molecule has 0 spiro atoms. The van der Waals surface area contributed by atoms with Crippen molar-refractivity contribution < 1.29 is 23.8 Å². The number of benzene rings is 1. The van der Waals surface area contributed by atoms with E-state index in [1.807, 2.05) is 6.20 Å². The van der Waals surface area contributed by atoms with Gasteiger partial charge in [0, 0.05) is 45.0 Å². The van der Waals surface area contributed by atoms with Crippen LogP contribution in [0, 0.1) is 5.82 Å². The van der Waals surface area contributed by atoms with Crippen LogP contribution in [0.1, 0.15) is 42.9 Å². The van der Waals surface area contributed by atoms with Crippen LogP contribution < -0.4 is 15.4 Å². The van der Waals surface area contributed by atoms with E-state index in [9.17, 15) is 19.1 Å². The maximum Gasteiger partial charge on any atom is 0.239 e. The lowest BCUT2D eigenvalue weighted by molar-refractivity contribution is -0.135. The molecule has 2 atom stereocenters. The van der Waals surface area contributed by atoms with Gasteiger partial charge in [0.25, 0.3) is 0 Å². The molecular weight excluding hydrogens is 451 g/mol. The van der Waals surface area contributed by atoms with Crippen LogP contribution in [0.5, 0.6) is 5.75 Å². The van der Waals surface area contributed by atoms with Crippen molar-refractivity contribution in [2.24, 2.45) is 0 Å². The van der Waals surface area contributed by atoms with Gasteiger partial charge in [0.15, 0.2) is 0 Å². The Bertz CT molecular complexity index is 1000. The van der Waals surface area contributed by atoms with Crippen LogP contribution in [0.4, 0.5) is 4.39 Å². The van der Waals surface area contributed by atoms with Crippen LogP contribution in [-0.4, -0.2) is 65.7 Å². The van der Waals surface area contributed by atoms with E-state index >= 15 is 0 Å². The molecule has 0 fully saturated rings. The predicted octanol–water partition coefficient (Wildman–Crippen LogP) is 1.98. The molecule has 8 nitrogen and oxygen atoms in total. The Morgan fingerprint density at radius 1 is 1.23 bits per heavy atom. The molecule has 2 amide bonds. The monoisotopic (exact) mass is 486 g/mol. The summed E-state index contributed by atoms with van der Waals surface area (Å²) in [4.78, 5) is 30.6. The van der Waals surface area contributed by atoms with Crippen LogP contribution in [0.15, 0.2) is 36.7 Å². The van der Waals surface area contributed by atoms with Crippen molar-refractivity contribution in [3.63, 3.8) is 0 Å². The summed E-state index contributed by atoms with van der Waals surface area (Å²) in [5.74, 6) is -0.576. The number of nitrogens with zero attached hydrogens (tertiary/aromatic N) is 2. The van der Waals surface area contributed by atoms with Crippen molar-refractivity contribution in [3.8, 4) is 5.75 Å². The average molecular weight is 487 g/mol. The molecule has 1 aliphatic heterocycles. The lowest BCUT2D eigenvalue weighted by atomic mass is 10.00. The minimum atomic E-state index is -0.953. The number of nitrogens with one attached hydrogen (secondary N) is 2. The second-order valence-corrected chi connectivity index (χ2v) is 8.98. The number of aliphatic hydroxyl groups is 1. The molecule has 2 heterocycles. The Kier molecular flexibility index (Phi) is 9.98. The van der Waals surface area contributed by atoms with Gasteiger partial charge in [-0.15, -0.1) is 0 Å². The number of aliphatic hydroxyl groups excluding tert-OH is 1. The topological polar surface area (TPSA) is 104 Å². The van der Waals surface area contributed by atoms with Gasteiger partial charge in [-0.2, -0.15) is 0 Å². The Morgan fingerprint density at radius 2 is 2.03 bits per heavy atom. The number of aromatic nitrogens is 1. The Morgan fingerprint density at radius 3 is 2.83 bits per heavy atom. The van der Waals surface area contributed by atoms with E-state index < -0.39 is 18.0 Å². The molecule has 1 aliphatic rings. The fourth-order valence-electron chi connectivity index (χ4n) is 4.01. The van der Waals surface area contributed by atoms with Gasteiger partial charge in [0.05, 0.1) is 25.3 Å². The van der Waals surface area contributed by atoms with E-state index in [0.29, 0.717) is 43.7 Å². The summed E-state index contributed by atoms with van der Waals surface area (Å²) in [6.07, 6.45) is 5.27. The SMILES string of the molecule is CCc1cncc(CNCC(O)C2Cc3cc(F)cc(c3)OCCCCC(=O)N(C)CC(=O)N2)c1. The minimum Gasteiger partial charge on any atom is -0.493 e. The third-order valence-electron chi connectivity index (χ3n) is 6.00. The molecule has 1 aromatic heterocycles. The van der Waals surface area contributed by atoms with E-state index in [-0.39, 0.29) is 31.3 Å². The fourth-order valence-corrected chi connectivity index (χ4v) is 4.01. The second-order valence-electron chi connectivity index (χ2n) is 8.98. The molecule has 2 bridgehead atoms. The number of carbonyl (C=O) groups excluding carboxylic acids is 2. The normalized spacial score (nSPS) is 18.7. The molecule has 2 unspecified atom stereocenters. The third-order valence-corrected chi connectivity index (χ3v) is 6.00. The number of halogens is 1. The van der Waals surface area contributed by atoms with E-state index in [1.54, 1.807) is 19.3 Å². The van der Waals surface area contributed by atoms with Crippen molar-refractivity contribution in [1.29, 1.82) is 0 Å². The highest BCUT2D eigenvalue weighted by atomic mass is 19.1. The number of rotatable bonds is 6. The Labute approximate surface area is 205 Å². The van der Waals surface area contributed by atoms with Crippen molar-refractivity contribution in [1.82, 2.24) is 20.5 Å². The van der Waals surface area contributed by atoms with Gasteiger partial charge in [-0.1, -0.05) is 13.0 Å². The van der Waals surface area contributed by atoms with Gasteiger partial charge >= 0.3 is 0 Å². The lowest BCUT2D eigenvalue weighted by Gasteiger charge is -2.26. The van der Waals surface area contributed by atoms with Gasteiger partial charge in [-0.25, -0.2) is 4.39 Å². The molecule has 3 rings (SSSR count). The first-order valence-electron chi connectivity index (χ1n) is 12.1. The van der Waals surface area contributed by atoms with Crippen LogP contribution >= 0.6 is 0 Å². The van der Waals surface area contributed by atoms with E-state index in [0.717, 1.165) is 17.5 Å². The maximum atomic E-state index is 14.2. The number of pyridine rings is 1. The molecule has 9 heteroatoms. The van der Waals surface area contributed by atoms with Crippen LogP contribution in [0.3, 0.4) is 0 Å². The van der Waals surface area contributed by atoms with Gasteiger partial charge < -0.3 is 25.4 Å². The van der Waals surface area contributed by atoms with Crippen molar-refractivity contribution >= 4 is 11.8 Å².